The third kappa shape index (κ3) is 1.70. The van der Waals surface area contributed by atoms with Crippen LogP contribution in [-0.2, 0) is 4.74 Å². The van der Waals surface area contributed by atoms with E-state index >= 15 is 0 Å². The molecule has 0 radical (unpaired) electrons. The number of hydrogen-bond donors (Lipinski definition) is 1. The molecule has 0 bridgehead atoms. The van der Waals surface area contributed by atoms with Crippen LogP contribution >= 0.6 is 0 Å². The van der Waals surface area contributed by atoms with Gasteiger partial charge in [0.1, 0.15) is 0 Å². The molecule has 0 spiro atoms. The molecule has 0 heterocycles. The van der Waals surface area contributed by atoms with Gasteiger partial charge in [-0.2, -0.15) is 0 Å². The van der Waals surface area contributed by atoms with Crippen LogP contribution in [0.2, 0.25) is 0 Å². The molecule has 1 aliphatic rings. The molecular formula is C8H16O2. The molecule has 0 aromatic carbocycles. The maximum atomic E-state index is 9.18. The van der Waals surface area contributed by atoms with Crippen LogP contribution in [-0.4, -0.2) is 23.9 Å². The van der Waals surface area contributed by atoms with Crippen LogP contribution in [0.25, 0.3) is 0 Å². The summed E-state index contributed by atoms with van der Waals surface area (Å²) in [5.74, 6) is 0. The largest absolute Gasteiger partial charge is 0.393 e. The lowest BCUT2D eigenvalue weighted by Crippen LogP contribution is -2.34. The minimum Gasteiger partial charge on any atom is -0.393 e. The van der Waals surface area contributed by atoms with Gasteiger partial charge in [0.2, 0.25) is 0 Å². The van der Waals surface area contributed by atoms with Crippen molar-refractivity contribution in [3.63, 3.8) is 0 Å². The third-order valence-electron chi connectivity index (χ3n) is 2.51. The van der Waals surface area contributed by atoms with E-state index in [1.165, 1.54) is 0 Å². The summed E-state index contributed by atoms with van der Waals surface area (Å²) in [4.78, 5) is 0. The van der Waals surface area contributed by atoms with Crippen LogP contribution in [0.5, 0.6) is 0 Å². The van der Waals surface area contributed by atoms with E-state index in [4.69, 9.17) is 4.74 Å². The highest BCUT2D eigenvalue weighted by molar-refractivity contribution is 4.82. The Morgan fingerprint density at radius 3 is 2.30 bits per heavy atom. The molecule has 0 saturated heterocycles. The Balaban J connectivity index is 2.38. The van der Waals surface area contributed by atoms with Crippen molar-refractivity contribution in [2.45, 2.75) is 44.3 Å². The first-order valence-electron chi connectivity index (χ1n) is 3.89. The second-order valence-corrected chi connectivity index (χ2v) is 3.39. The molecule has 10 heavy (non-hydrogen) atoms. The standard InChI is InChI=1S/C8H16O2/c1-8(10-2)5-3-7(9)4-6-8/h7,9H,3-6H2,1-2H3. The number of ether oxygens (including phenoxy) is 1. The van der Waals surface area contributed by atoms with E-state index in [-0.39, 0.29) is 11.7 Å². The van der Waals surface area contributed by atoms with Crippen molar-refractivity contribution >= 4 is 0 Å². The first kappa shape index (κ1) is 8.02. The second-order valence-electron chi connectivity index (χ2n) is 3.39. The Morgan fingerprint density at radius 2 is 1.90 bits per heavy atom. The fourth-order valence-corrected chi connectivity index (χ4v) is 1.42. The number of hydrogen-bond acceptors (Lipinski definition) is 2. The van der Waals surface area contributed by atoms with Gasteiger partial charge in [0.05, 0.1) is 11.7 Å². The van der Waals surface area contributed by atoms with E-state index in [0.29, 0.717) is 0 Å². The summed E-state index contributed by atoms with van der Waals surface area (Å²) in [5.41, 5.74) is 0.0409. The fourth-order valence-electron chi connectivity index (χ4n) is 1.42. The average molecular weight is 144 g/mol. The fraction of sp³-hybridized carbons (Fsp3) is 1.00. The van der Waals surface area contributed by atoms with Crippen LogP contribution in [0, 0.1) is 0 Å². The van der Waals surface area contributed by atoms with Crippen LogP contribution in [0.15, 0.2) is 0 Å². The smallest absolute Gasteiger partial charge is 0.0652 e. The molecule has 1 saturated carbocycles. The summed E-state index contributed by atoms with van der Waals surface area (Å²) in [6.45, 7) is 2.11. The molecule has 0 atom stereocenters. The Morgan fingerprint density at radius 1 is 1.40 bits per heavy atom. The maximum Gasteiger partial charge on any atom is 0.0652 e. The lowest BCUT2D eigenvalue weighted by molar-refractivity contribution is -0.0502. The summed E-state index contributed by atoms with van der Waals surface area (Å²) in [7, 11) is 1.75. The Hall–Kier alpha value is -0.0800. The number of aliphatic hydroxyl groups excluding tert-OH is 1. The van der Waals surface area contributed by atoms with Gasteiger partial charge in [0, 0.05) is 7.11 Å². The van der Waals surface area contributed by atoms with E-state index < -0.39 is 0 Å². The molecule has 1 rings (SSSR count). The van der Waals surface area contributed by atoms with Crippen molar-refractivity contribution in [2.75, 3.05) is 7.11 Å². The molecule has 0 aliphatic heterocycles. The minimum atomic E-state index is -0.0803. The van der Waals surface area contributed by atoms with Gasteiger partial charge in [-0.25, -0.2) is 0 Å². The van der Waals surface area contributed by atoms with Gasteiger partial charge >= 0.3 is 0 Å². The van der Waals surface area contributed by atoms with Gasteiger partial charge in [-0.3, -0.25) is 0 Å². The Bertz CT molecular complexity index is 104. The molecule has 1 N–H and O–H groups in total. The number of aliphatic hydroxyl groups is 1. The molecule has 0 aromatic heterocycles. The molecule has 0 aromatic rings. The molecular weight excluding hydrogens is 128 g/mol. The Labute approximate surface area is 62.2 Å². The first-order chi connectivity index (χ1) is 4.66. The van der Waals surface area contributed by atoms with Gasteiger partial charge in [0.25, 0.3) is 0 Å². The molecule has 60 valence electrons. The summed E-state index contributed by atoms with van der Waals surface area (Å²) in [6.07, 6.45) is 3.69. The predicted molar refractivity (Wildman–Crippen MR) is 39.9 cm³/mol. The van der Waals surface area contributed by atoms with Crippen LogP contribution in [0.1, 0.15) is 32.6 Å². The zero-order valence-electron chi connectivity index (χ0n) is 6.76. The first-order valence-corrected chi connectivity index (χ1v) is 3.89. The molecule has 1 fully saturated rings. The van der Waals surface area contributed by atoms with E-state index in [9.17, 15) is 5.11 Å². The van der Waals surface area contributed by atoms with E-state index in [1.807, 2.05) is 0 Å². The molecule has 0 unspecified atom stereocenters. The van der Waals surface area contributed by atoms with Crippen LogP contribution in [0.4, 0.5) is 0 Å². The molecule has 2 nitrogen and oxygen atoms in total. The predicted octanol–water partition coefficient (Wildman–Crippen LogP) is 1.33. The van der Waals surface area contributed by atoms with Crippen LogP contribution < -0.4 is 0 Å². The maximum absolute atomic E-state index is 9.18. The highest BCUT2D eigenvalue weighted by Crippen LogP contribution is 2.30. The normalized spacial score (nSPS) is 41.7. The van der Waals surface area contributed by atoms with Gasteiger partial charge in [-0.15, -0.1) is 0 Å². The summed E-state index contributed by atoms with van der Waals surface area (Å²) in [6, 6.07) is 0. The van der Waals surface area contributed by atoms with Crippen molar-refractivity contribution in [3.05, 3.63) is 0 Å². The quantitative estimate of drug-likeness (QED) is 0.601. The van der Waals surface area contributed by atoms with Gasteiger partial charge < -0.3 is 9.84 Å². The monoisotopic (exact) mass is 144 g/mol. The van der Waals surface area contributed by atoms with Crippen molar-refractivity contribution in [3.8, 4) is 0 Å². The summed E-state index contributed by atoms with van der Waals surface area (Å²) < 4.78 is 5.32. The topological polar surface area (TPSA) is 29.5 Å². The lowest BCUT2D eigenvalue weighted by atomic mass is 9.85. The molecule has 2 heteroatoms. The van der Waals surface area contributed by atoms with Crippen molar-refractivity contribution < 1.29 is 9.84 Å². The molecule has 1 aliphatic carbocycles. The van der Waals surface area contributed by atoms with Crippen molar-refractivity contribution in [1.82, 2.24) is 0 Å². The molecule has 0 amide bonds. The van der Waals surface area contributed by atoms with Crippen molar-refractivity contribution in [1.29, 1.82) is 0 Å². The lowest BCUT2D eigenvalue weighted by Gasteiger charge is -2.34. The van der Waals surface area contributed by atoms with E-state index in [1.54, 1.807) is 7.11 Å². The highest BCUT2D eigenvalue weighted by Gasteiger charge is 2.29. The number of rotatable bonds is 1. The zero-order valence-corrected chi connectivity index (χ0v) is 6.76. The van der Waals surface area contributed by atoms with Crippen LogP contribution in [0.3, 0.4) is 0 Å². The highest BCUT2D eigenvalue weighted by atomic mass is 16.5. The zero-order chi connectivity index (χ0) is 7.61. The van der Waals surface area contributed by atoms with Gasteiger partial charge in [0.15, 0.2) is 0 Å². The van der Waals surface area contributed by atoms with Gasteiger partial charge in [-0.1, -0.05) is 0 Å². The SMILES string of the molecule is COC1(C)CCC(O)CC1. The van der Waals surface area contributed by atoms with Crippen molar-refractivity contribution in [2.24, 2.45) is 0 Å². The van der Waals surface area contributed by atoms with Gasteiger partial charge in [-0.05, 0) is 32.6 Å². The third-order valence-corrected chi connectivity index (χ3v) is 2.51. The summed E-state index contributed by atoms with van der Waals surface area (Å²) >= 11 is 0. The van der Waals surface area contributed by atoms with E-state index in [2.05, 4.69) is 6.92 Å². The average Bonchev–Trinajstić information content (AvgIpc) is 1.96. The second kappa shape index (κ2) is 2.89. The number of methoxy groups -OCH3 is 1. The van der Waals surface area contributed by atoms with E-state index in [0.717, 1.165) is 25.7 Å². The summed E-state index contributed by atoms with van der Waals surface area (Å²) in [5, 5.41) is 9.18. The minimum absolute atomic E-state index is 0.0409. The Kier molecular flexibility index (Phi) is 2.32.